The van der Waals surface area contributed by atoms with E-state index >= 15 is 0 Å². The molecule has 0 saturated heterocycles. The highest BCUT2D eigenvalue weighted by molar-refractivity contribution is 5.74. The quantitative estimate of drug-likeness (QED) is 0.768. The van der Waals surface area contributed by atoms with Crippen molar-refractivity contribution in [1.82, 2.24) is 0 Å². The molecule has 1 N–H and O–H groups in total. The molecular weight excluding hydrogens is 274 g/mol. The molecule has 0 bridgehead atoms. The lowest BCUT2D eigenvalue weighted by molar-refractivity contribution is -0.148. The largest absolute Gasteiger partial charge is 0.466 e. The molecule has 0 aliphatic carbocycles. The number of hydrogen-bond acceptors (Lipinski definition) is 3. The van der Waals surface area contributed by atoms with Crippen LogP contribution in [-0.4, -0.2) is 12.6 Å². The van der Waals surface area contributed by atoms with Gasteiger partial charge in [0, 0.05) is 5.69 Å². The molecule has 0 amide bonds. The van der Waals surface area contributed by atoms with E-state index in [2.05, 4.69) is 5.32 Å². The Morgan fingerprint density at radius 1 is 1.00 bits per heavy atom. The van der Waals surface area contributed by atoms with E-state index in [1.807, 2.05) is 74.5 Å². The fourth-order valence-corrected chi connectivity index (χ4v) is 2.58. The van der Waals surface area contributed by atoms with Crippen molar-refractivity contribution in [1.29, 1.82) is 0 Å². The second-order valence-electron chi connectivity index (χ2n) is 5.17. The van der Waals surface area contributed by atoms with Gasteiger partial charge in [-0.15, -0.1) is 0 Å². The van der Waals surface area contributed by atoms with Crippen LogP contribution in [-0.2, 0) is 9.53 Å². The van der Waals surface area contributed by atoms with Gasteiger partial charge in [-0.1, -0.05) is 55.5 Å². The predicted molar refractivity (Wildman–Crippen MR) is 89.7 cm³/mol. The maximum absolute atomic E-state index is 12.3. The molecule has 0 saturated carbocycles. The fourth-order valence-electron chi connectivity index (χ4n) is 2.58. The fraction of sp³-hybridized carbons (Fsp3) is 0.316. The summed E-state index contributed by atoms with van der Waals surface area (Å²) in [4.78, 5) is 12.3. The first-order chi connectivity index (χ1) is 10.8. The van der Waals surface area contributed by atoms with Crippen molar-refractivity contribution in [3.63, 3.8) is 0 Å². The summed E-state index contributed by atoms with van der Waals surface area (Å²) in [6.45, 7) is 4.26. The highest BCUT2D eigenvalue weighted by Crippen LogP contribution is 2.30. The molecule has 0 heterocycles. The van der Waals surface area contributed by atoms with Gasteiger partial charge in [-0.3, -0.25) is 4.79 Å². The van der Waals surface area contributed by atoms with Gasteiger partial charge in [0.25, 0.3) is 0 Å². The molecule has 0 spiro atoms. The first kappa shape index (κ1) is 16.1. The number of esters is 1. The second-order valence-corrected chi connectivity index (χ2v) is 5.17. The molecule has 3 nitrogen and oxygen atoms in total. The van der Waals surface area contributed by atoms with Crippen LogP contribution in [0, 0.1) is 5.92 Å². The monoisotopic (exact) mass is 297 g/mol. The summed E-state index contributed by atoms with van der Waals surface area (Å²) in [5.41, 5.74) is 2.09. The van der Waals surface area contributed by atoms with E-state index in [0.29, 0.717) is 6.61 Å². The molecule has 0 aliphatic rings. The van der Waals surface area contributed by atoms with Crippen LogP contribution in [0.1, 0.15) is 31.9 Å². The number of carbonyl (C=O) groups is 1. The first-order valence-corrected chi connectivity index (χ1v) is 7.79. The van der Waals surface area contributed by atoms with Gasteiger partial charge < -0.3 is 10.1 Å². The van der Waals surface area contributed by atoms with Crippen LogP contribution >= 0.6 is 0 Å². The molecule has 2 rings (SSSR count). The Labute approximate surface area is 132 Å². The molecule has 0 fully saturated rings. The summed E-state index contributed by atoms with van der Waals surface area (Å²) in [7, 11) is 0. The van der Waals surface area contributed by atoms with Gasteiger partial charge in [0.15, 0.2) is 0 Å². The molecule has 0 aliphatic heterocycles. The van der Waals surface area contributed by atoms with E-state index in [-0.39, 0.29) is 17.9 Å². The van der Waals surface area contributed by atoms with Crippen LogP contribution in [0.4, 0.5) is 5.69 Å². The van der Waals surface area contributed by atoms with Gasteiger partial charge in [0.1, 0.15) is 0 Å². The standard InChI is InChI=1S/C19H23NO2/c1-3-17(19(21)22-4-2)18(15-11-7-5-8-12-15)20-16-13-9-6-10-14-16/h5-14,17-18,20H,3-4H2,1-2H3. The summed E-state index contributed by atoms with van der Waals surface area (Å²) in [5, 5.41) is 3.48. The number of benzene rings is 2. The van der Waals surface area contributed by atoms with E-state index in [4.69, 9.17) is 4.74 Å². The molecule has 2 atom stereocenters. The Bertz CT molecular complexity index is 569. The molecule has 0 radical (unpaired) electrons. The zero-order valence-corrected chi connectivity index (χ0v) is 13.2. The predicted octanol–water partition coefficient (Wildman–Crippen LogP) is 4.43. The molecule has 22 heavy (non-hydrogen) atoms. The number of rotatable bonds is 7. The van der Waals surface area contributed by atoms with Crippen LogP contribution in [0.2, 0.25) is 0 Å². The summed E-state index contributed by atoms with van der Waals surface area (Å²) in [6, 6.07) is 19.9. The summed E-state index contributed by atoms with van der Waals surface area (Å²) < 4.78 is 5.26. The minimum Gasteiger partial charge on any atom is -0.466 e. The zero-order chi connectivity index (χ0) is 15.8. The van der Waals surface area contributed by atoms with Crippen LogP contribution in [0.15, 0.2) is 60.7 Å². The molecule has 3 heteroatoms. The van der Waals surface area contributed by atoms with Crippen molar-refractivity contribution >= 4 is 11.7 Å². The molecule has 0 aromatic heterocycles. The lowest BCUT2D eigenvalue weighted by atomic mass is 9.90. The smallest absolute Gasteiger partial charge is 0.311 e. The third-order valence-corrected chi connectivity index (χ3v) is 3.69. The van der Waals surface area contributed by atoms with Gasteiger partial charge in [-0.2, -0.15) is 0 Å². The Kier molecular flexibility index (Phi) is 6.01. The molecule has 2 aromatic carbocycles. The summed E-state index contributed by atoms with van der Waals surface area (Å²) >= 11 is 0. The maximum Gasteiger partial charge on any atom is 0.311 e. The topological polar surface area (TPSA) is 38.3 Å². The third-order valence-electron chi connectivity index (χ3n) is 3.69. The Hall–Kier alpha value is -2.29. The molecular formula is C19H23NO2. The lowest BCUT2D eigenvalue weighted by Crippen LogP contribution is -2.29. The molecule has 116 valence electrons. The Morgan fingerprint density at radius 3 is 2.14 bits per heavy atom. The normalized spacial score (nSPS) is 13.2. The number of anilines is 1. The van der Waals surface area contributed by atoms with Crippen molar-refractivity contribution in [2.45, 2.75) is 26.3 Å². The molecule has 2 aromatic rings. The number of ether oxygens (including phenoxy) is 1. The average molecular weight is 297 g/mol. The van der Waals surface area contributed by atoms with Crippen LogP contribution in [0.5, 0.6) is 0 Å². The van der Waals surface area contributed by atoms with Crippen molar-refractivity contribution in [3.8, 4) is 0 Å². The Balaban J connectivity index is 2.30. The van der Waals surface area contributed by atoms with Gasteiger partial charge in [0.2, 0.25) is 0 Å². The minimum absolute atomic E-state index is 0.104. The van der Waals surface area contributed by atoms with Gasteiger partial charge in [-0.05, 0) is 31.0 Å². The number of nitrogens with one attached hydrogen (secondary N) is 1. The summed E-state index contributed by atoms with van der Waals surface area (Å²) in [6.07, 6.45) is 0.720. The van der Waals surface area contributed by atoms with E-state index in [1.54, 1.807) is 0 Å². The first-order valence-electron chi connectivity index (χ1n) is 7.79. The van der Waals surface area contributed by atoms with E-state index in [9.17, 15) is 4.79 Å². The van der Waals surface area contributed by atoms with Crippen molar-refractivity contribution in [3.05, 3.63) is 66.2 Å². The van der Waals surface area contributed by atoms with Gasteiger partial charge >= 0.3 is 5.97 Å². The highest BCUT2D eigenvalue weighted by atomic mass is 16.5. The third kappa shape index (κ3) is 4.10. The summed E-state index contributed by atoms with van der Waals surface area (Å²) in [5.74, 6) is -0.371. The van der Waals surface area contributed by atoms with E-state index in [0.717, 1.165) is 17.7 Å². The molecule has 2 unspecified atom stereocenters. The lowest BCUT2D eigenvalue weighted by Gasteiger charge is -2.27. The Morgan fingerprint density at radius 2 is 1.59 bits per heavy atom. The average Bonchev–Trinajstić information content (AvgIpc) is 2.56. The van der Waals surface area contributed by atoms with Gasteiger partial charge in [0.05, 0.1) is 18.6 Å². The van der Waals surface area contributed by atoms with Crippen molar-refractivity contribution in [2.24, 2.45) is 5.92 Å². The van der Waals surface area contributed by atoms with E-state index < -0.39 is 0 Å². The number of para-hydroxylation sites is 1. The van der Waals surface area contributed by atoms with Crippen LogP contribution < -0.4 is 5.32 Å². The minimum atomic E-state index is -0.220. The second kappa shape index (κ2) is 8.23. The number of carbonyl (C=O) groups excluding carboxylic acids is 1. The van der Waals surface area contributed by atoms with Crippen molar-refractivity contribution < 1.29 is 9.53 Å². The van der Waals surface area contributed by atoms with Crippen LogP contribution in [0.25, 0.3) is 0 Å². The van der Waals surface area contributed by atoms with Crippen LogP contribution in [0.3, 0.4) is 0 Å². The maximum atomic E-state index is 12.3. The van der Waals surface area contributed by atoms with Crippen molar-refractivity contribution in [2.75, 3.05) is 11.9 Å². The SMILES string of the molecule is CCOC(=O)C(CC)C(Nc1ccccc1)c1ccccc1. The zero-order valence-electron chi connectivity index (χ0n) is 13.2. The highest BCUT2D eigenvalue weighted by Gasteiger charge is 2.29. The van der Waals surface area contributed by atoms with E-state index in [1.165, 1.54) is 0 Å². The van der Waals surface area contributed by atoms with Gasteiger partial charge in [-0.25, -0.2) is 0 Å². The number of hydrogen-bond donors (Lipinski definition) is 1.